The van der Waals surface area contributed by atoms with Crippen molar-refractivity contribution in [2.45, 2.75) is 31.0 Å². The van der Waals surface area contributed by atoms with E-state index in [0.29, 0.717) is 28.3 Å². The number of sulfonamides is 1. The molecule has 1 N–H and O–H groups in total. The van der Waals surface area contributed by atoms with E-state index in [4.69, 9.17) is 0 Å². The second-order valence-corrected chi connectivity index (χ2v) is 10.5. The van der Waals surface area contributed by atoms with Gasteiger partial charge in [-0.3, -0.25) is 14.4 Å². The molecule has 0 saturated carbocycles. The van der Waals surface area contributed by atoms with Crippen molar-refractivity contribution >= 4 is 39.1 Å². The lowest BCUT2D eigenvalue weighted by Crippen LogP contribution is -2.27. The average Bonchev–Trinajstić information content (AvgIpc) is 3.09. The zero-order chi connectivity index (χ0) is 23.0. The molecule has 1 aliphatic heterocycles. The van der Waals surface area contributed by atoms with Crippen molar-refractivity contribution in [1.82, 2.24) is 0 Å². The molecule has 1 fully saturated rings. The number of carbonyl (C=O) groups excluding carboxylic acids is 1. The van der Waals surface area contributed by atoms with Crippen molar-refractivity contribution in [2.75, 3.05) is 15.4 Å². The number of aryl methyl sites for hydroxylation is 3. The molecule has 0 spiro atoms. The SMILES string of the molecule is Cc1cc(C)c(S(=O)(=O)Nc2ccc(C3SCC(=O)N3c3ccc(F)cc3)cc2)c(C)c1. The Balaban J connectivity index is 1.58. The molecule has 1 unspecified atom stereocenters. The van der Waals surface area contributed by atoms with Crippen molar-refractivity contribution < 1.29 is 17.6 Å². The second-order valence-electron chi connectivity index (χ2n) is 7.86. The lowest BCUT2D eigenvalue weighted by atomic mass is 10.1. The van der Waals surface area contributed by atoms with Crippen molar-refractivity contribution in [1.29, 1.82) is 0 Å². The van der Waals surface area contributed by atoms with E-state index in [-0.39, 0.29) is 22.0 Å². The predicted molar refractivity (Wildman–Crippen MR) is 127 cm³/mol. The van der Waals surface area contributed by atoms with Gasteiger partial charge in [0.1, 0.15) is 11.2 Å². The highest BCUT2D eigenvalue weighted by molar-refractivity contribution is 8.00. The van der Waals surface area contributed by atoms with Crippen LogP contribution in [0.15, 0.2) is 65.6 Å². The third-order valence-electron chi connectivity index (χ3n) is 5.29. The molecular formula is C24H23FN2O3S2. The smallest absolute Gasteiger partial charge is 0.262 e. The summed E-state index contributed by atoms with van der Waals surface area (Å²) in [4.78, 5) is 14.4. The number of hydrogen-bond acceptors (Lipinski definition) is 4. The molecule has 1 atom stereocenters. The van der Waals surface area contributed by atoms with Crippen LogP contribution in [0.2, 0.25) is 0 Å². The summed E-state index contributed by atoms with van der Waals surface area (Å²) in [5, 5.41) is -0.264. The molecule has 1 amide bonds. The summed E-state index contributed by atoms with van der Waals surface area (Å²) in [5.74, 6) is -0.0930. The normalized spacial score (nSPS) is 16.4. The van der Waals surface area contributed by atoms with Gasteiger partial charge in [0.05, 0.1) is 10.6 Å². The molecule has 3 aromatic carbocycles. The summed E-state index contributed by atoms with van der Waals surface area (Å²) in [5.41, 5.74) is 4.33. The van der Waals surface area contributed by atoms with E-state index in [9.17, 15) is 17.6 Å². The summed E-state index contributed by atoms with van der Waals surface area (Å²) in [6.45, 7) is 5.51. The Hall–Kier alpha value is -2.84. The highest BCUT2D eigenvalue weighted by Crippen LogP contribution is 2.42. The lowest BCUT2D eigenvalue weighted by Gasteiger charge is -2.24. The Bertz CT molecular complexity index is 1250. The van der Waals surface area contributed by atoms with Crippen LogP contribution in [-0.2, 0) is 14.8 Å². The fourth-order valence-electron chi connectivity index (χ4n) is 4.06. The van der Waals surface area contributed by atoms with Crippen LogP contribution < -0.4 is 9.62 Å². The highest BCUT2D eigenvalue weighted by atomic mass is 32.2. The van der Waals surface area contributed by atoms with Crippen LogP contribution in [-0.4, -0.2) is 20.1 Å². The van der Waals surface area contributed by atoms with Crippen molar-refractivity contribution in [3.05, 3.63) is 88.7 Å². The zero-order valence-electron chi connectivity index (χ0n) is 17.9. The van der Waals surface area contributed by atoms with Crippen LogP contribution >= 0.6 is 11.8 Å². The topological polar surface area (TPSA) is 66.5 Å². The molecule has 1 heterocycles. The van der Waals surface area contributed by atoms with Gasteiger partial charge < -0.3 is 0 Å². The molecule has 0 radical (unpaired) electrons. The third kappa shape index (κ3) is 4.38. The maximum absolute atomic E-state index is 13.3. The maximum Gasteiger partial charge on any atom is 0.262 e. The third-order valence-corrected chi connectivity index (χ3v) is 8.19. The summed E-state index contributed by atoms with van der Waals surface area (Å²) in [7, 11) is -3.75. The molecule has 0 bridgehead atoms. The van der Waals surface area contributed by atoms with Crippen LogP contribution in [0.4, 0.5) is 15.8 Å². The molecule has 0 aromatic heterocycles. The fourth-order valence-corrected chi connectivity index (χ4v) is 6.76. The molecule has 0 aliphatic carbocycles. The first-order valence-electron chi connectivity index (χ1n) is 10.1. The van der Waals surface area contributed by atoms with Gasteiger partial charge in [0.2, 0.25) is 5.91 Å². The Morgan fingerprint density at radius 1 is 0.969 bits per heavy atom. The number of amides is 1. The van der Waals surface area contributed by atoms with Gasteiger partial charge in [-0.2, -0.15) is 0 Å². The van der Waals surface area contributed by atoms with Crippen molar-refractivity contribution in [3.8, 4) is 0 Å². The first kappa shape index (κ1) is 22.4. The van der Waals surface area contributed by atoms with Crippen LogP contribution in [0.1, 0.15) is 27.6 Å². The largest absolute Gasteiger partial charge is 0.295 e. The van der Waals surface area contributed by atoms with Gasteiger partial charge in [0, 0.05) is 11.4 Å². The van der Waals surface area contributed by atoms with Gasteiger partial charge in [-0.15, -0.1) is 11.8 Å². The summed E-state index contributed by atoms with van der Waals surface area (Å²) < 4.78 is 42.0. The highest BCUT2D eigenvalue weighted by Gasteiger charge is 2.34. The van der Waals surface area contributed by atoms with Gasteiger partial charge in [0.25, 0.3) is 10.0 Å². The quantitative estimate of drug-likeness (QED) is 0.547. The predicted octanol–water partition coefficient (Wildman–Crippen LogP) is 5.33. The molecule has 3 aromatic rings. The van der Waals surface area contributed by atoms with E-state index in [1.54, 1.807) is 55.1 Å². The lowest BCUT2D eigenvalue weighted by molar-refractivity contribution is -0.115. The molecule has 1 aliphatic rings. The fraction of sp³-hybridized carbons (Fsp3) is 0.208. The Labute approximate surface area is 191 Å². The van der Waals surface area contributed by atoms with E-state index in [0.717, 1.165) is 11.1 Å². The first-order valence-corrected chi connectivity index (χ1v) is 12.6. The molecule has 8 heteroatoms. The number of carbonyl (C=O) groups is 1. The van der Waals surface area contributed by atoms with Gasteiger partial charge in [0.15, 0.2) is 0 Å². The van der Waals surface area contributed by atoms with E-state index < -0.39 is 10.0 Å². The van der Waals surface area contributed by atoms with Crippen LogP contribution in [0.25, 0.3) is 0 Å². The van der Waals surface area contributed by atoms with Gasteiger partial charge in [-0.05, 0) is 73.9 Å². The van der Waals surface area contributed by atoms with Crippen LogP contribution in [0.5, 0.6) is 0 Å². The molecule has 1 saturated heterocycles. The summed E-state index contributed by atoms with van der Waals surface area (Å²) in [6, 6.07) is 16.5. The number of anilines is 2. The number of halogens is 1. The summed E-state index contributed by atoms with van der Waals surface area (Å²) in [6.07, 6.45) is 0. The minimum atomic E-state index is -3.75. The number of thioether (sulfide) groups is 1. The van der Waals surface area contributed by atoms with E-state index in [2.05, 4.69) is 4.72 Å². The van der Waals surface area contributed by atoms with E-state index in [1.165, 1.54) is 23.9 Å². The van der Waals surface area contributed by atoms with Crippen LogP contribution in [0, 0.1) is 26.6 Å². The number of benzene rings is 3. The average molecular weight is 471 g/mol. The first-order chi connectivity index (χ1) is 15.2. The van der Waals surface area contributed by atoms with Gasteiger partial charge in [-0.1, -0.05) is 29.8 Å². The standard InChI is InChI=1S/C24H23FN2O3S2/c1-15-12-16(2)23(17(3)13-15)32(29,30)26-20-8-4-18(5-9-20)24-27(22(28)14-31-24)21-10-6-19(25)7-11-21/h4-13,24,26H,14H2,1-3H3. The Morgan fingerprint density at radius 2 is 1.56 bits per heavy atom. The molecule has 5 nitrogen and oxygen atoms in total. The van der Waals surface area contributed by atoms with E-state index in [1.807, 2.05) is 19.1 Å². The minimum absolute atomic E-state index is 0.0540. The zero-order valence-corrected chi connectivity index (χ0v) is 19.6. The minimum Gasteiger partial charge on any atom is -0.295 e. The van der Waals surface area contributed by atoms with Gasteiger partial charge >= 0.3 is 0 Å². The van der Waals surface area contributed by atoms with Gasteiger partial charge in [-0.25, -0.2) is 12.8 Å². The molecular weight excluding hydrogens is 447 g/mol. The second kappa shape index (κ2) is 8.60. The summed E-state index contributed by atoms with van der Waals surface area (Å²) >= 11 is 1.48. The number of rotatable bonds is 5. The Morgan fingerprint density at radius 3 is 2.16 bits per heavy atom. The van der Waals surface area contributed by atoms with Crippen LogP contribution in [0.3, 0.4) is 0 Å². The Kier molecular flexibility index (Phi) is 6.01. The van der Waals surface area contributed by atoms with E-state index >= 15 is 0 Å². The molecule has 32 heavy (non-hydrogen) atoms. The maximum atomic E-state index is 13.3. The molecule has 4 rings (SSSR count). The number of hydrogen-bond donors (Lipinski definition) is 1. The molecule has 166 valence electrons. The van der Waals surface area contributed by atoms with Crippen molar-refractivity contribution in [2.24, 2.45) is 0 Å². The monoisotopic (exact) mass is 470 g/mol. The number of nitrogens with zero attached hydrogens (tertiary/aromatic N) is 1. The van der Waals surface area contributed by atoms with Crippen molar-refractivity contribution in [3.63, 3.8) is 0 Å². The number of nitrogens with one attached hydrogen (secondary N) is 1.